The Labute approximate surface area is 193 Å². The fraction of sp³-hybridized carbons (Fsp3) is 0.520. The average molecular weight is 451 g/mol. The number of aromatic nitrogens is 4. The van der Waals surface area contributed by atoms with Gasteiger partial charge < -0.3 is 9.80 Å². The van der Waals surface area contributed by atoms with Crippen LogP contribution in [0.4, 0.5) is 10.2 Å². The van der Waals surface area contributed by atoms with Gasteiger partial charge in [-0.05, 0) is 50.5 Å². The Bertz CT molecular complexity index is 1160. The first-order valence-corrected chi connectivity index (χ1v) is 12.0. The molecule has 2 fully saturated rings. The van der Waals surface area contributed by atoms with E-state index in [-0.39, 0.29) is 17.7 Å². The number of rotatable bonds is 6. The summed E-state index contributed by atoms with van der Waals surface area (Å²) < 4.78 is 15.3. The zero-order valence-electron chi connectivity index (χ0n) is 19.6. The fourth-order valence-corrected chi connectivity index (χ4v) is 4.68. The summed E-state index contributed by atoms with van der Waals surface area (Å²) in [7, 11) is 0. The third-order valence-electron chi connectivity index (χ3n) is 6.75. The lowest BCUT2D eigenvalue weighted by Gasteiger charge is -2.36. The summed E-state index contributed by atoms with van der Waals surface area (Å²) in [6.07, 6.45) is 4.12. The van der Waals surface area contributed by atoms with E-state index >= 15 is 0 Å². The molecule has 1 aromatic carbocycles. The first-order chi connectivity index (χ1) is 16.0. The molecule has 0 spiro atoms. The summed E-state index contributed by atoms with van der Waals surface area (Å²) in [5.41, 5.74) is 2.36. The molecule has 0 bridgehead atoms. The lowest BCUT2D eigenvalue weighted by atomic mass is 10.1. The molecule has 0 N–H and O–H groups in total. The topological polar surface area (TPSA) is 67.2 Å². The van der Waals surface area contributed by atoms with Gasteiger partial charge in [0, 0.05) is 38.0 Å². The van der Waals surface area contributed by atoms with Gasteiger partial charge in [-0.1, -0.05) is 20.3 Å². The van der Waals surface area contributed by atoms with Crippen LogP contribution in [-0.2, 0) is 4.79 Å². The molecule has 8 heteroatoms. The summed E-state index contributed by atoms with van der Waals surface area (Å²) in [6, 6.07) is 6.33. The molecule has 2 aliphatic rings. The van der Waals surface area contributed by atoms with Gasteiger partial charge in [-0.25, -0.2) is 19.0 Å². The molecule has 33 heavy (non-hydrogen) atoms. The number of carbonyl (C=O) groups is 1. The number of benzene rings is 1. The van der Waals surface area contributed by atoms with Crippen LogP contribution in [0.15, 0.2) is 24.3 Å². The van der Waals surface area contributed by atoms with Crippen LogP contribution in [-0.4, -0.2) is 56.7 Å². The van der Waals surface area contributed by atoms with E-state index in [2.05, 4.69) is 18.7 Å². The maximum absolute atomic E-state index is 13.5. The average Bonchev–Trinajstić information content (AvgIpc) is 3.62. The number of hydrogen-bond donors (Lipinski definition) is 0. The predicted octanol–water partition coefficient (Wildman–Crippen LogP) is 4.23. The molecule has 0 radical (unpaired) electrons. The van der Waals surface area contributed by atoms with Crippen molar-refractivity contribution in [3.05, 3.63) is 41.6 Å². The minimum absolute atomic E-state index is 0.216. The van der Waals surface area contributed by atoms with Crippen molar-refractivity contribution in [1.29, 1.82) is 0 Å². The van der Waals surface area contributed by atoms with Crippen molar-refractivity contribution in [3.63, 3.8) is 0 Å². The van der Waals surface area contributed by atoms with Crippen LogP contribution in [0.1, 0.15) is 57.0 Å². The Morgan fingerprint density at radius 1 is 1.12 bits per heavy atom. The molecule has 5 rings (SSSR count). The van der Waals surface area contributed by atoms with Gasteiger partial charge in [0.15, 0.2) is 5.65 Å². The molecule has 3 aromatic rings. The fourth-order valence-electron chi connectivity index (χ4n) is 4.68. The van der Waals surface area contributed by atoms with Crippen LogP contribution >= 0.6 is 0 Å². The molecule has 1 aliphatic heterocycles. The summed E-state index contributed by atoms with van der Waals surface area (Å²) >= 11 is 0. The Morgan fingerprint density at radius 3 is 2.45 bits per heavy atom. The third-order valence-corrected chi connectivity index (χ3v) is 6.75. The van der Waals surface area contributed by atoms with Crippen molar-refractivity contribution >= 4 is 22.8 Å². The Hall–Kier alpha value is -3.03. The van der Waals surface area contributed by atoms with Crippen LogP contribution < -0.4 is 4.90 Å². The van der Waals surface area contributed by atoms with Crippen molar-refractivity contribution < 1.29 is 9.18 Å². The highest BCUT2D eigenvalue weighted by Crippen LogP contribution is 2.34. The SMILES string of the molecule is CCCC(C)c1nc(N2CCN(C(=O)C3CC3)CC2)c2c(C)nn(-c3ccc(F)cc3)c2n1. The summed E-state index contributed by atoms with van der Waals surface area (Å²) in [5.74, 6) is 2.19. The number of amides is 1. The number of halogens is 1. The molecular weight excluding hydrogens is 419 g/mol. The lowest BCUT2D eigenvalue weighted by molar-refractivity contribution is -0.132. The van der Waals surface area contributed by atoms with Gasteiger partial charge in [0.05, 0.1) is 16.8 Å². The maximum atomic E-state index is 13.5. The largest absolute Gasteiger partial charge is 0.352 e. The number of aryl methyl sites for hydroxylation is 1. The van der Waals surface area contributed by atoms with E-state index in [1.807, 2.05) is 11.8 Å². The van der Waals surface area contributed by atoms with Gasteiger partial charge in [0.25, 0.3) is 0 Å². The zero-order chi connectivity index (χ0) is 23.1. The second-order valence-electron chi connectivity index (χ2n) is 9.35. The highest BCUT2D eigenvalue weighted by atomic mass is 19.1. The number of fused-ring (bicyclic) bond motifs is 1. The molecule has 174 valence electrons. The van der Waals surface area contributed by atoms with Crippen LogP contribution in [0.3, 0.4) is 0 Å². The molecule has 1 saturated carbocycles. The lowest BCUT2D eigenvalue weighted by Crippen LogP contribution is -2.49. The quantitative estimate of drug-likeness (QED) is 0.562. The Kier molecular flexibility index (Phi) is 5.76. The van der Waals surface area contributed by atoms with E-state index in [1.165, 1.54) is 12.1 Å². The van der Waals surface area contributed by atoms with Gasteiger partial charge in [-0.15, -0.1) is 0 Å². The van der Waals surface area contributed by atoms with Gasteiger partial charge in [0.2, 0.25) is 5.91 Å². The van der Waals surface area contributed by atoms with E-state index < -0.39 is 0 Å². The minimum Gasteiger partial charge on any atom is -0.352 e. The Morgan fingerprint density at radius 2 is 1.82 bits per heavy atom. The van der Waals surface area contributed by atoms with E-state index in [0.29, 0.717) is 19.0 Å². The summed E-state index contributed by atoms with van der Waals surface area (Å²) in [4.78, 5) is 26.8. The molecule has 3 heterocycles. The van der Waals surface area contributed by atoms with Crippen LogP contribution in [0.5, 0.6) is 0 Å². The zero-order valence-corrected chi connectivity index (χ0v) is 19.6. The molecule has 1 unspecified atom stereocenters. The van der Waals surface area contributed by atoms with Crippen molar-refractivity contribution in [2.45, 2.75) is 52.4 Å². The van der Waals surface area contributed by atoms with E-state index in [9.17, 15) is 9.18 Å². The van der Waals surface area contributed by atoms with Crippen LogP contribution in [0, 0.1) is 18.7 Å². The van der Waals surface area contributed by atoms with Crippen LogP contribution in [0.2, 0.25) is 0 Å². The first-order valence-electron chi connectivity index (χ1n) is 12.0. The summed E-state index contributed by atoms with van der Waals surface area (Å²) in [5, 5.41) is 5.69. The monoisotopic (exact) mass is 450 g/mol. The highest BCUT2D eigenvalue weighted by Gasteiger charge is 2.35. The predicted molar refractivity (Wildman–Crippen MR) is 126 cm³/mol. The van der Waals surface area contributed by atoms with Gasteiger partial charge >= 0.3 is 0 Å². The highest BCUT2D eigenvalue weighted by molar-refractivity contribution is 5.91. The number of piperazine rings is 1. The summed E-state index contributed by atoms with van der Waals surface area (Å²) in [6.45, 7) is 9.21. The Balaban J connectivity index is 1.55. The maximum Gasteiger partial charge on any atom is 0.225 e. The molecule has 1 aliphatic carbocycles. The van der Waals surface area contributed by atoms with Crippen molar-refractivity contribution in [3.8, 4) is 5.69 Å². The second-order valence-corrected chi connectivity index (χ2v) is 9.35. The van der Waals surface area contributed by atoms with Gasteiger partial charge in [0.1, 0.15) is 17.5 Å². The van der Waals surface area contributed by atoms with Gasteiger partial charge in [-0.2, -0.15) is 5.10 Å². The first kappa shape index (κ1) is 21.8. The molecular formula is C25H31FN6O. The van der Waals surface area contributed by atoms with Gasteiger partial charge in [-0.3, -0.25) is 4.79 Å². The number of hydrogen-bond acceptors (Lipinski definition) is 5. The van der Waals surface area contributed by atoms with Crippen LogP contribution in [0.25, 0.3) is 16.7 Å². The second kappa shape index (κ2) is 8.72. The van der Waals surface area contributed by atoms with Crippen molar-refractivity contribution in [2.75, 3.05) is 31.1 Å². The van der Waals surface area contributed by atoms with E-state index in [0.717, 1.165) is 72.8 Å². The molecule has 1 amide bonds. The number of anilines is 1. The molecule has 1 saturated heterocycles. The van der Waals surface area contributed by atoms with E-state index in [1.54, 1.807) is 16.8 Å². The standard InChI is InChI=1S/C25H31FN6O/c1-4-5-16(2)22-27-23(30-12-14-31(15-13-30)25(33)18-6-7-18)21-17(3)29-32(24(21)28-22)20-10-8-19(26)9-11-20/h8-11,16,18H,4-7,12-15H2,1-3H3. The number of nitrogens with zero attached hydrogens (tertiary/aromatic N) is 6. The third kappa shape index (κ3) is 4.18. The molecule has 1 atom stereocenters. The molecule has 7 nitrogen and oxygen atoms in total. The van der Waals surface area contributed by atoms with Crippen molar-refractivity contribution in [1.82, 2.24) is 24.6 Å². The normalized spacial score (nSPS) is 17.6. The van der Waals surface area contributed by atoms with Crippen molar-refractivity contribution in [2.24, 2.45) is 5.92 Å². The smallest absolute Gasteiger partial charge is 0.225 e. The minimum atomic E-state index is -0.280. The van der Waals surface area contributed by atoms with E-state index in [4.69, 9.17) is 15.1 Å². The molecule has 2 aromatic heterocycles. The number of carbonyl (C=O) groups excluding carboxylic acids is 1.